The predicted molar refractivity (Wildman–Crippen MR) is 77.4 cm³/mol. The van der Waals surface area contributed by atoms with E-state index in [4.69, 9.17) is 0 Å². The Kier molecular flexibility index (Phi) is 5.86. The topological polar surface area (TPSA) is 46.2 Å². The average Bonchev–Trinajstić information content (AvgIpc) is 2.28. The summed E-state index contributed by atoms with van der Waals surface area (Å²) in [7, 11) is -2.88. The summed E-state index contributed by atoms with van der Waals surface area (Å²) in [6.07, 6.45) is 4.74. The minimum atomic E-state index is -2.88. The van der Waals surface area contributed by atoms with Crippen LogP contribution in [0.25, 0.3) is 0 Å². The molecule has 1 aliphatic carbocycles. The lowest BCUT2D eigenvalue weighted by Crippen LogP contribution is -2.39. The van der Waals surface area contributed by atoms with Crippen LogP contribution >= 0.6 is 0 Å². The lowest BCUT2D eigenvalue weighted by molar-refractivity contribution is 0.342. The third-order valence-corrected chi connectivity index (χ3v) is 5.88. The maximum atomic E-state index is 11.5. The second kappa shape index (κ2) is 6.71. The second-order valence-electron chi connectivity index (χ2n) is 5.62. The van der Waals surface area contributed by atoms with Crippen molar-refractivity contribution in [3.05, 3.63) is 11.6 Å². The van der Waals surface area contributed by atoms with Gasteiger partial charge in [-0.05, 0) is 38.5 Å². The summed E-state index contributed by atoms with van der Waals surface area (Å²) in [6.45, 7) is 9.04. The van der Waals surface area contributed by atoms with Crippen LogP contribution in [0.3, 0.4) is 0 Å². The summed E-state index contributed by atoms with van der Waals surface area (Å²) in [5.74, 6) is 1.73. The van der Waals surface area contributed by atoms with Gasteiger partial charge in [0, 0.05) is 18.3 Å². The van der Waals surface area contributed by atoms with E-state index in [-0.39, 0.29) is 17.5 Å². The zero-order valence-corrected chi connectivity index (χ0v) is 12.9. The summed E-state index contributed by atoms with van der Waals surface area (Å²) in [6, 6.07) is 0.0388. The molecule has 0 bridgehead atoms. The molecule has 0 aromatic rings. The number of hydrogen-bond donors (Lipinski definition) is 1. The van der Waals surface area contributed by atoms with E-state index in [2.05, 4.69) is 25.2 Å². The number of nitrogens with one attached hydrogen (secondary N) is 1. The van der Waals surface area contributed by atoms with Gasteiger partial charge in [0.25, 0.3) is 0 Å². The van der Waals surface area contributed by atoms with E-state index >= 15 is 0 Å². The molecule has 0 fully saturated rings. The Balaban J connectivity index is 2.45. The molecule has 106 valence electrons. The molecule has 0 unspecified atom stereocenters. The maximum Gasteiger partial charge on any atom is 0.151 e. The van der Waals surface area contributed by atoms with Crippen LogP contribution in [0.5, 0.6) is 0 Å². The highest BCUT2D eigenvalue weighted by Gasteiger charge is 2.23. The molecular formula is C14H27NO2S. The summed E-state index contributed by atoms with van der Waals surface area (Å²) in [5, 5.41) is 3.38. The minimum Gasteiger partial charge on any atom is -0.313 e. The molecular weight excluding hydrogens is 246 g/mol. The Morgan fingerprint density at radius 2 is 2.17 bits per heavy atom. The van der Waals surface area contributed by atoms with Crippen molar-refractivity contribution in [3.8, 4) is 0 Å². The van der Waals surface area contributed by atoms with Crippen molar-refractivity contribution in [3.63, 3.8) is 0 Å². The smallest absolute Gasteiger partial charge is 0.151 e. The molecule has 0 aliphatic heterocycles. The first-order chi connectivity index (χ1) is 8.35. The Morgan fingerprint density at radius 3 is 2.72 bits per heavy atom. The van der Waals surface area contributed by atoms with Crippen molar-refractivity contribution in [1.82, 2.24) is 5.32 Å². The van der Waals surface area contributed by atoms with Crippen molar-refractivity contribution < 1.29 is 8.42 Å². The Hall–Kier alpha value is -0.350. The van der Waals surface area contributed by atoms with Gasteiger partial charge in [0.15, 0.2) is 9.84 Å². The number of allylic oxidation sites excluding steroid dienone is 1. The van der Waals surface area contributed by atoms with E-state index in [0.717, 1.165) is 6.54 Å². The first kappa shape index (κ1) is 15.7. The van der Waals surface area contributed by atoms with Crippen LogP contribution in [0.15, 0.2) is 11.6 Å². The fraction of sp³-hybridized carbons (Fsp3) is 0.857. The summed E-state index contributed by atoms with van der Waals surface area (Å²) in [5.41, 5.74) is 1.45. The van der Waals surface area contributed by atoms with Crippen LogP contribution in [-0.2, 0) is 9.84 Å². The van der Waals surface area contributed by atoms with Crippen molar-refractivity contribution in [1.29, 1.82) is 0 Å². The first-order valence-electron chi connectivity index (χ1n) is 6.96. The molecule has 0 saturated heterocycles. The fourth-order valence-corrected chi connectivity index (χ4v) is 3.74. The van der Waals surface area contributed by atoms with Crippen LogP contribution in [0.4, 0.5) is 0 Å². The number of sulfone groups is 1. The lowest BCUT2D eigenvalue weighted by Gasteiger charge is -2.30. The van der Waals surface area contributed by atoms with Gasteiger partial charge in [-0.25, -0.2) is 8.42 Å². The monoisotopic (exact) mass is 273 g/mol. The molecule has 0 saturated carbocycles. The van der Waals surface area contributed by atoms with Gasteiger partial charge in [0.05, 0.1) is 5.75 Å². The highest BCUT2D eigenvalue weighted by Crippen LogP contribution is 2.29. The molecule has 3 nitrogen and oxygen atoms in total. The molecule has 0 amide bonds. The van der Waals surface area contributed by atoms with Gasteiger partial charge < -0.3 is 5.32 Å². The van der Waals surface area contributed by atoms with Gasteiger partial charge in [-0.1, -0.05) is 25.5 Å². The molecule has 18 heavy (non-hydrogen) atoms. The van der Waals surface area contributed by atoms with Crippen molar-refractivity contribution in [2.45, 2.75) is 46.6 Å². The quantitative estimate of drug-likeness (QED) is 0.756. The van der Waals surface area contributed by atoms with Gasteiger partial charge in [-0.15, -0.1) is 0 Å². The second-order valence-corrected chi connectivity index (χ2v) is 8.02. The van der Waals surface area contributed by atoms with Crippen molar-refractivity contribution in [2.24, 2.45) is 11.8 Å². The highest BCUT2D eigenvalue weighted by molar-refractivity contribution is 7.91. The van der Waals surface area contributed by atoms with Crippen LogP contribution in [0.1, 0.15) is 40.5 Å². The molecule has 0 aromatic heterocycles. The number of rotatable bonds is 6. The van der Waals surface area contributed by atoms with E-state index in [1.165, 1.54) is 18.4 Å². The largest absolute Gasteiger partial charge is 0.313 e. The van der Waals surface area contributed by atoms with Gasteiger partial charge in [-0.2, -0.15) is 0 Å². The molecule has 1 N–H and O–H groups in total. The SMILES string of the molecule is CCS(=O)(=O)C[C@H](C)NC[C@@H]1C(C)=CCC[C@H]1C. The summed E-state index contributed by atoms with van der Waals surface area (Å²) < 4.78 is 23.1. The molecule has 1 aliphatic rings. The lowest BCUT2D eigenvalue weighted by atomic mass is 9.80. The molecule has 0 aromatic carbocycles. The van der Waals surface area contributed by atoms with Crippen LogP contribution in [0.2, 0.25) is 0 Å². The van der Waals surface area contributed by atoms with E-state index in [0.29, 0.717) is 11.8 Å². The first-order valence-corrected chi connectivity index (χ1v) is 8.78. The van der Waals surface area contributed by atoms with Crippen LogP contribution < -0.4 is 5.32 Å². The van der Waals surface area contributed by atoms with Crippen molar-refractivity contribution >= 4 is 9.84 Å². The van der Waals surface area contributed by atoms with Crippen molar-refractivity contribution in [2.75, 3.05) is 18.1 Å². The summed E-state index contributed by atoms with van der Waals surface area (Å²) in [4.78, 5) is 0. The normalized spacial score (nSPS) is 26.8. The fourth-order valence-electron chi connectivity index (χ4n) is 2.62. The third-order valence-electron chi connectivity index (χ3n) is 3.99. The van der Waals surface area contributed by atoms with Gasteiger partial charge in [-0.3, -0.25) is 0 Å². The number of hydrogen-bond acceptors (Lipinski definition) is 3. The Morgan fingerprint density at radius 1 is 1.50 bits per heavy atom. The molecule has 0 heterocycles. The van der Waals surface area contributed by atoms with E-state index in [1.54, 1.807) is 6.92 Å². The van der Waals surface area contributed by atoms with E-state index < -0.39 is 9.84 Å². The molecule has 1 rings (SSSR count). The van der Waals surface area contributed by atoms with E-state index in [1.807, 2.05) is 6.92 Å². The van der Waals surface area contributed by atoms with E-state index in [9.17, 15) is 8.42 Å². The standard InChI is InChI=1S/C14H27NO2S/c1-5-18(16,17)10-13(4)15-9-14-11(2)7-6-8-12(14)3/h7,12-15H,5-6,8-10H2,1-4H3/t12-,13+,14-/m1/s1. The van der Waals surface area contributed by atoms with Gasteiger partial charge >= 0.3 is 0 Å². The predicted octanol–water partition coefficient (Wildman–Crippen LogP) is 2.39. The minimum absolute atomic E-state index is 0.0388. The third kappa shape index (κ3) is 4.73. The summed E-state index contributed by atoms with van der Waals surface area (Å²) >= 11 is 0. The average molecular weight is 273 g/mol. The maximum absolute atomic E-state index is 11.5. The van der Waals surface area contributed by atoms with Gasteiger partial charge in [0.1, 0.15) is 0 Å². The zero-order valence-electron chi connectivity index (χ0n) is 12.1. The molecule has 0 radical (unpaired) electrons. The molecule has 3 atom stereocenters. The molecule has 0 spiro atoms. The van der Waals surface area contributed by atoms with Gasteiger partial charge in [0.2, 0.25) is 0 Å². The molecule has 4 heteroatoms. The van der Waals surface area contributed by atoms with Crippen LogP contribution in [0, 0.1) is 11.8 Å². The highest BCUT2D eigenvalue weighted by atomic mass is 32.2. The Bertz CT molecular complexity index is 387. The Labute approximate surface area is 112 Å². The zero-order chi connectivity index (χ0) is 13.8. The van der Waals surface area contributed by atoms with Crippen LogP contribution in [-0.4, -0.2) is 32.5 Å².